The predicted molar refractivity (Wildman–Crippen MR) is 113 cm³/mol. The highest BCUT2D eigenvalue weighted by molar-refractivity contribution is 6.30. The van der Waals surface area contributed by atoms with Gasteiger partial charge in [0, 0.05) is 11.6 Å². The third-order valence-corrected chi connectivity index (χ3v) is 4.96. The molecule has 0 fully saturated rings. The van der Waals surface area contributed by atoms with Gasteiger partial charge >= 0.3 is 6.09 Å². The molecule has 0 spiro atoms. The van der Waals surface area contributed by atoms with E-state index in [0.29, 0.717) is 17.0 Å². The molecule has 0 aromatic heterocycles. The lowest BCUT2D eigenvalue weighted by molar-refractivity contribution is 0.0973. The molecule has 3 N–H and O–H groups in total. The quantitative estimate of drug-likeness (QED) is 0.512. The second-order valence-electron chi connectivity index (χ2n) is 6.79. The highest BCUT2D eigenvalue weighted by atomic mass is 35.5. The van der Waals surface area contributed by atoms with Crippen LogP contribution in [0.4, 0.5) is 4.79 Å². The Morgan fingerprint density at radius 3 is 2.17 bits per heavy atom. The Morgan fingerprint density at radius 2 is 1.59 bits per heavy atom. The Bertz CT molecular complexity index is 957. The van der Waals surface area contributed by atoms with Crippen LogP contribution >= 0.6 is 11.6 Å². The number of hydrogen-bond donors (Lipinski definition) is 3. The molecule has 1 atom stereocenters. The first-order chi connectivity index (χ1) is 13.9. The number of phenols is 1. The van der Waals surface area contributed by atoms with Gasteiger partial charge in [0.2, 0.25) is 0 Å². The number of hydrogen-bond acceptors (Lipinski definition) is 3. The van der Waals surface area contributed by atoms with E-state index in [-0.39, 0.29) is 18.8 Å². The van der Waals surface area contributed by atoms with Crippen LogP contribution in [0.1, 0.15) is 17.2 Å². The average molecular weight is 412 g/mol. The minimum atomic E-state index is -1.08. The standard InChI is InChI=1S/C23H22ClNO4/c24-20-3-1-2-19(14-20)22(27)15-25(23(28)29)13-12-16-4-6-17(7-5-16)18-8-10-21(26)11-9-18/h1-11,14,22,26-27H,12-13,15H2,(H,28,29)/t22-/m0/s1. The summed E-state index contributed by atoms with van der Waals surface area (Å²) in [6, 6.07) is 21.6. The van der Waals surface area contributed by atoms with Crippen LogP contribution in [-0.4, -0.2) is 39.4 Å². The Labute approximate surface area is 174 Å². The molecule has 1 amide bonds. The minimum absolute atomic E-state index is 0.0265. The lowest BCUT2D eigenvalue weighted by Crippen LogP contribution is -2.35. The van der Waals surface area contributed by atoms with Gasteiger partial charge in [0.25, 0.3) is 0 Å². The third kappa shape index (κ3) is 5.73. The molecule has 3 aromatic carbocycles. The molecule has 0 saturated heterocycles. The fourth-order valence-electron chi connectivity index (χ4n) is 3.07. The number of carboxylic acid groups (broad SMARTS) is 1. The normalized spacial score (nSPS) is 11.8. The van der Waals surface area contributed by atoms with Gasteiger partial charge in [-0.2, -0.15) is 0 Å². The molecule has 0 radical (unpaired) electrons. The van der Waals surface area contributed by atoms with Crippen LogP contribution < -0.4 is 0 Å². The minimum Gasteiger partial charge on any atom is -0.508 e. The van der Waals surface area contributed by atoms with Gasteiger partial charge in [0.1, 0.15) is 5.75 Å². The summed E-state index contributed by atoms with van der Waals surface area (Å²) in [6.07, 6.45) is -1.49. The maximum absolute atomic E-state index is 11.6. The first-order valence-corrected chi connectivity index (χ1v) is 9.60. The van der Waals surface area contributed by atoms with Gasteiger partial charge in [-0.05, 0) is 52.9 Å². The zero-order valence-electron chi connectivity index (χ0n) is 15.7. The summed E-state index contributed by atoms with van der Waals surface area (Å²) < 4.78 is 0. The van der Waals surface area contributed by atoms with Crippen molar-refractivity contribution in [3.63, 3.8) is 0 Å². The lowest BCUT2D eigenvalue weighted by atomic mass is 10.0. The molecule has 0 bridgehead atoms. The Morgan fingerprint density at radius 1 is 0.966 bits per heavy atom. The van der Waals surface area contributed by atoms with E-state index in [1.165, 1.54) is 4.90 Å². The number of aliphatic hydroxyl groups is 1. The molecule has 3 rings (SSSR count). The molecular formula is C23H22ClNO4. The van der Waals surface area contributed by atoms with Gasteiger partial charge in [0.05, 0.1) is 12.6 Å². The van der Waals surface area contributed by atoms with E-state index in [9.17, 15) is 20.1 Å². The number of benzene rings is 3. The monoisotopic (exact) mass is 411 g/mol. The van der Waals surface area contributed by atoms with Crippen LogP contribution in [0.2, 0.25) is 5.02 Å². The molecule has 0 unspecified atom stereocenters. The van der Waals surface area contributed by atoms with Crippen molar-refractivity contribution < 1.29 is 20.1 Å². The molecule has 150 valence electrons. The number of rotatable bonds is 7. The fourth-order valence-corrected chi connectivity index (χ4v) is 3.27. The Hall–Kier alpha value is -3.02. The van der Waals surface area contributed by atoms with E-state index in [4.69, 9.17) is 11.6 Å². The van der Waals surface area contributed by atoms with E-state index in [1.807, 2.05) is 36.4 Å². The molecule has 3 aromatic rings. The molecule has 0 aliphatic rings. The topological polar surface area (TPSA) is 81.0 Å². The first-order valence-electron chi connectivity index (χ1n) is 9.22. The van der Waals surface area contributed by atoms with Crippen LogP contribution in [0.25, 0.3) is 11.1 Å². The van der Waals surface area contributed by atoms with Crippen LogP contribution in [0.15, 0.2) is 72.8 Å². The van der Waals surface area contributed by atoms with E-state index >= 15 is 0 Å². The summed E-state index contributed by atoms with van der Waals surface area (Å²) >= 11 is 5.94. The largest absolute Gasteiger partial charge is 0.508 e. The first kappa shape index (κ1) is 20.7. The van der Waals surface area contributed by atoms with Crippen molar-refractivity contribution in [1.29, 1.82) is 0 Å². The molecule has 5 nitrogen and oxygen atoms in total. The summed E-state index contributed by atoms with van der Waals surface area (Å²) in [5.41, 5.74) is 3.59. The van der Waals surface area contributed by atoms with E-state index in [2.05, 4.69) is 0 Å². The molecule has 29 heavy (non-hydrogen) atoms. The second kappa shape index (κ2) is 9.45. The van der Waals surface area contributed by atoms with Crippen LogP contribution in [0.3, 0.4) is 0 Å². The number of halogens is 1. The van der Waals surface area contributed by atoms with Crippen LogP contribution in [0.5, 0.6) is 5.75 Å². The zero-order valence-corrected chi connectivity index (χ0v) is 16.5. The van der Waals surface area contributed by atoms with Crippen molar-refractivity contribution in [1.82, 2.24) is 4.90 Å². The fraction of sp³-hybridized carbons (Fsp3) is 0.174. The molecule has 6 heteroatoms. The van der Waals surface area contributed by atoms with Crippen molar-refractivity contribution in [3.05, 3.63) is 88.9 Å². The highest BCUT2D eigenvalue weighted by Crippen LogP contribution is 2.23. The third-order valence-electron chi connectivity index (χ3n) is 4.72. The SMILES string of the molecule is O=C(O)N(CCc1ccc(-c2ccc(O)cc2)cc1)C[C@H](O)c1cccc(Cl)c1. The second-order valence-corrected chi connectivity index (χ2v) is 7.23. The van der Waals surface area contributed by atoms with Gasteiger partial charge in [-0.3, -0.25) is 0 Å². The van der Waals surface area contributed by atoms with Gasteiger partial charge in [0.15, 0.2) is 0 Å². The summed E-state index contributed by atoms with van der Waals surface area (Å²) in [5, 5.41) is 29.7. The smallest absolute Gasteiger partial charge is 0.407 e. The van der Waals surface area contributed by atoms with Crippen molar-refractivity contribution in [2.45, 2.75) is 12.5 Å². The summed E-state index contributed by atoms with van der Waals surface area (Å²) in [6.45, 7) is 0.243. The van der Waals surface area contributed by atoms with Gasteiger partial charge < -0.3 is 20.2 Å². The molecule has 0 heterocycles. The zero-order chi connectivity index (χ0) is 20.8. The number of carbonyl (C=O) groups is 1. The summed E-state index contributed by atoms with van der Waals surface area (Å²) in [7, 11) is 0. The number of nitrogens with zero attached hydrogens (tertiary/aromatic N) is 1. The average Bonchev–Trinajstić information content (AvgIpc) is 2.72. The van der Waals surface area contributed by atoms with Crippen molar-refractivity contribution in [2.24, 2.45) is 0 Å². The number of amides is 1. The maximum Gasteiger partial charge on any atom is 0.407 e. The van der Waals surface area contributed by atoms with E-state index < -0.39 is 12.2 Å². The Balaban J connectivity index is 1.61. The lowest BCUT2D eigenvalue weighted by Gasteiger charge is -2.23. The van der Waals surface area contributed by atoms with Crippen LogP contribution in [0, 0.1) is 0 Å². The highest BCUT2D eigenvalue weighted by Gasteiger charge is 2.18. The van der Waals surface area contributed by atoms with Crippen molar-refractivity contribution >= 4 is 17.7 Å². The number of aliphatic hydroxyl groups excluding tert-OH is 1. The van der Waals surface area contributed by atoms with E-state index in [0.717, 1.165) is 16.7 Å². The number of phenolic OH excluding ortho intramolecular Hbond substituents is 1. The molecule has 0 aliphatic carbocycles. The molecular weight excluding hydrogens is 390 g/mol. The number of aromatic hydroxyl groups is 1. The molecule has 0 aliphatic heterocycles. The van der Waals surface area contributed by atoms with Crippen molar-refractivity contribution in [3.8, 4) is 16.9 Å². The summed E-state index contributed by atoms with van der Waals surface area (Å²) in [5.74, 6) is 0.221. The van der Waals surface area contributed by atoms with Crippen LogP contribution in [-0.2, 0) is 6.42 Å². The summed E-state index contributed by atoms with van der Waals surface area (Å²) in [4.78, 5) is 12.8. The van der Waals surface area contributed by atoms with E-state index in [1.54, 1.807) is 36.4 Å². The van der Waals surface area contributed by atoms with Crippen molar-refractivity contribution in [2.75, 3.05) is 13.1 Å². The van der Waals surface area contributed by atoms with Gasteiger partial charge in [-0.15, -0.1) is 0 Å². The van der Waals surface area contributed by atoms with Gasteiger partial charge in [-0.25, -0.2) is 4.79 Å². The Kier molecular flexibility index (Phi) is 6.75. The molecule has 0 saturated carbocycles. The maximum atomic E-state index is 11.6. The predicted octanol–water partition coefficient (Wildman–Crippen LogP) is 4.97. The van der Waals surface area contributed by atoms with Gasteiger partial charge in [-0.1, -0.05) is 60.1 Å².